The molecule has 0 radical (unpaired) electrons. The molecular weight excluding hydrogens is 265 g/mol. The molecule has 0 bridgehead atoms. The third kappa shape index (κ3) is 2.59. The van der Waals surface area contributed by atoms with Crippen LogP contribution >= 0.6 is 11.3 Å². The normalized spacial score (nSPS) is 12.3. The number of imidazole rings is 1. The predicted octanol–water partition coefficient (Wildman–Crippen LogP) is 2.11. The molecule has 2 aromatic rings. The Labute approximate surface area is 106 Å². The molecule has 18 heavy (non-hydrogen) atoms. The smallest absolute Gasteiger partial charge is 0.349 e. The number of rotatable bonds is 4. The lowest BCUT2D eigenvalue weighted by atomic mass is 10.4. The zero-order valence-corrected chi connectivity index (χ0v) is 10.8. The zero-order chi connectivity index (χ0) is 13.3. The van der Waals surface area contributed by atoms with Crippen LogP contribution in [0.5, 0.6) is 0 Å². The van der Waals surface area contributed by atoms with E-state index in [2.05, 4.69) is 10.3 Å². The third-order valence-corrected chi connectivity index (χ3v) is 3.22. The zero-order valence-electron chi connectivity index (χ0n) is 9.95. The molecule has 2 rings (SSSR count). The van der Waals surface area contributed by atoms with Gasteiger partial charge in [-0.25, -0.2) is 4.98 Å². The van der Waals surface area contributed by atoms with Crippen molar-refractivity contribution in [3.63, 3.8) is 0 Å². The van der Waals surface area contributed by atoms with Crippen LogP contribution in [0.2, 0.25) is 0 Å². The highest BCUT2D eigenvalue weighted by Gasteiger charge is 2.31. The minimum atomic E-state index is -4.23. The van der Waals surface area contributed by atoms with Gasteiger partial charge in [-0.15, -0.1) is 11.3 Å². The van der Waals surface area contributed by atoms with Crippen molar-refractivity contribution in [2.45, 2.75) is 12.7 Å². The van der Waals surface area contributed by atoms with E-state index in [0.717, 1.165) is 10.6 Å². The molecule has 0 aromatic carbocycles. The van der Waals surface area contributed by atoms with Crippen molar-refractivity contribution in [2.24, 2.45) is 0 Å². The lowest BCUT2D eigenvalue weighted by molar-refractivity contribution is -0.119. The number of thiazole rings is 1. The van der Waals surface area contributed by atoms with Gasteiger partial charge in [-0.1, -0.05) is 0 Å². The van der Waals surface area contributed by atoms with E-state index in [1.165, 1.54) is 18.4 Å². The number of fused-ring (bicyclic) bond motifs is 1. The number of hydrogen-bond donors (Lipinski definition) is 1. The number of anilines is 1. The summed E-state index contributed by atoms with van der Waals surface area (Å²) in [6, 6.07) is 0. The van der Waals surface area contributed by atoms with Crippen molar-refractivity contribution in [3.8, 4) is 0 Å². The molecule has 0 spiro atoms. The van der Waals surface area contributed by atoms with Gasteiger partial charge in [0.2, 0.25) is 0 Å². The number of aromatic nitrogens is 2. The molecule has 0 aliphatic rings. The minimum Gasteiger partial charge on any atom is -0.349 e. The molecule has 0 fully saturated rings. The van der Waals surface area contributed by atoms with Gasteiger partial charge < -0.3 is 10.2 Å². The second-order valence-corrected chi connectivity index (χ2v) is 4.81. The summed E-state index contributed by atoms with van der Waals surface area (Å²) < 4.78 is 39.0. The van der Waals surface area contributed by atoms with Crippen molar-refractivity contribution < 1.29 is 13.2 Å². The van der Waals surface area contributed by atoms with Gasteiger partial charge in [0.25, 0.3) is 0 Å². The maximum absolute atomic E-state index is 12.4. The average molecular weight is 278 g/mol. The maximum atomic E-state index is 12.4. The summed E-state index contributed by atoms with van der Waals surface area (Å²) >= 11 is 1.40. The fraction of sp³-hybridized carbons (Fsp3) is 0.500. The summed E-state index contributed by atoms with van der Waals surface area (Å²) in [5.41, 5.74) is 0.737. The SMILES string of the molecule is CNCc1c(N(C)CC(F)(F)F)nc2sccn12. The number of nitrogens with one attached hydrogen (secondary N) is 1. The maximum Gasteiger partial charge on any atom is 0.405 e. The van der Waals surface area contributed by atoms with Crippen LogP contribution < -0.4 is 10.2 Å². The van der Waals surface area contributed by atoms with E-state index >= 15 is 0 Å². The summed E-state index contributed by atoms with van der Waals surface area (Å²) in [4.78, 5) is 6.07. The molecule has 0 aliphatic carbocycles. The van der Waals surface area contributed by atoms with Crippen molar-refractivity contribution in [2.75, 3.05) is 25.5 Å². The monoisotopic (exact) mass is 278 g/mol. The van der Waals surface area contributed by atoms with Gasteiger partial charge in [0, 0.05) is 25.2 Å². The molecule has 2 aromatic heterocycles. The highest BCUT2D eigenvalue weighted by Crippen LogP contribution is 2.26. The van der Waals surface area contributed by atoms with Crippen LogP contribution in [0.25, 0.3) is 4.96 Å². The molecule has 100 valence electrons. The first-order chi connectivity index (χ1) is 8.42. The average Bonchev–Trinajstić information content (AvgIpc) is 2.78. The third-order valence-electron chi connectivity index (χ3n) is 2.46. The van der Waals surface area contributed by atoms with Crippen LogP contribution in [0.15, 0.2) is 11.6 Å². The van der Waals surface area contributed by atoms with Crippen molar-refractivity contribution >= 4 is 22.1 Å². The molecule has 0 saturated carbocycles. The quantitative estimate of drug-likeness (QED) is 0.929. The molecule has 1 N–H and O–H groups in total. The first kappa shape index (κ1) is 13.2. The fourth-order valence-electron chi connectivity index (χ4n) is 1.80. The van der Waals surface area contributed by atoms with Crippen LogP contribution in [0.4, 0.5) is 19.0 Å². The van der Waals surface area contributed by atoms with Gasteiger partial charge in [0.05, 0.1) is 5.69 Å². The Kier molecular flexibility index (Phi) is 3.49. The van der Waals surface area contributed by atoms with Crippen LogP contribution in [0.3, 0.4) is 0 Å². The van der Waals surface area contributed by atoms with E-state index in [1.54, 1.807) is 7.05 Å². The molecule has 4 nitrogen and oxygen atoms in total. The number of halogens is 3. The predicted molar refractivity (Wildman–Crippen MR) is 65.2 cm³/mol. The van der Waals surface area contributed by atoms with Gasteiger partial charge in [-0.05, 0) is 7.05 Å². The van der Waals surface area contributed by atoms with Crippen molar-refractivity contribution in [1.82, 2.24) is 14.7 Å². The van der Waals surface area contributed by atoms with E-state index in [9.17, 15) is 13.2 Å². The molecule has 0 saturated heterocycles. The lowest BCUT2D eigenvalue weighted by Crippen LogP contribution is -2.32. The van der Waals surface area contributed by atoms with Crippen LogP contribution in [-0.4, -0.2) is 36.2 Å². The van der Waals surface area contributed by atoms with E-state index in [4.69, 9.17) is 0 Å². The van der Waals surface area contributed by atoms with Crippen LogP contribution in [-0.2, 0) is 6.54 Å². The Morgan fingerprint density at radius 2 is 2.22 bits per heavy atom. The van der Waals surface area contributed by atoms with Gasteiger partial charge >= 0.3 is 6.18 Å². The summed E-state index contributed by atoms with van der Waals surface area (Å²) in [6.07, 6.45) is -2.42. The molecule has 8 heteroatoms. The van der Waals surface area contributed by atoms with E-state index < -0.39 is 12.7 Å². The molecular formula is C10H13F3N4S. The van der Waals surface area contributed by atoms with Gasteiger partial charge in [-0.2, -0.15) is 13.2 Å². The Morgan fingerprint density at radius 3 is 2.83 bits per heavy atom. The summed E-state index contributed by atoms with van der Waals surface area (Å²) in [5.74, 6) is 0.369. The van der Waals surface area contributed by atoms with Gasteiger partial charge in [0.15, 0.2) is 10.8 Å². The Bertz CT molecular complexity index is 531. The van der Waals surface area contributed by atoms with Crippen molar-refractivity contribution in [1.29, 1.82) is 0 Å². The van der Waals surface area contributed by atoms with Gasteiger partial charge in [0.1, 0.15) is 6.54 Å². The first-order valence-corrected chi connectivity index (χ1v) is 6.17. The molecule has 0 unspecified atom stereocenters. The first-order valence-electron chi connectivity index (χ1n) is 5.29. The second-order valence-electron chi connectivity index (χ2n) is 3.94. The van der Waals surface area contributed by atoms with Crippen molar-refractivity contribution in [3.05, 3.63) is 17.3 Å². The Hall–Kier alpha value is -1.28. The summed E-state index contributed by atoms with van der Waals surface area (Å²) in [5, 5.41) is 4.80. The van der Waals surface area contributed by atoms with Crippen LogP contribution in [0.1, 0.15) is 5.69 Å². The number of alkyl halides is 3. The second kappa shape index (κ2) is 4.77. The lowest BCUT2D eigenvalue weighted by Gasteiger charge is -2.19. The van der Waals surface area contributed by atoms with E-state index in [1.807, 2.05) is 16.0 Å². The Balaban J connectivity index is 2.36. The van der Waals surface area contributed by atoms with Gasteiger partial charge in [-0.3, -0.25) is 4.40 Å². The van der Waals surface area contributed by atoms with Crippen LogP contribution in [0, 0.1) is 0 Å². The molecule has 0 atom stereocenters. The number of nitrogens with zero attached hydrogens (tertiary/aromatic N) is 3. The molecule has 0 aliphatic heterocycles. The highest BCUT2D eigenvalue weighted by molar-refractivity contribution is 7.15. The fourth-order valence-corrected chi connectivity index (χ4v) is 2.53. The topological polar surface area (TPSA) is 32.6 Å². The minimum absolute atomic E-state index is 0.369. The van der Waals surface area contributed by atoms with E-state index in [-0.39, 0.29) is 0 Å². The molecule has 0 amide bonds. The summed E-state index contributed by atoms with van der Waals surface area (Å²) in [7, 11) is 3.15. The standard InChI is InChI=1S/C10H13F3N4S/c1-14-5-7-8(16(2)6-10(11,12)13)15-9-17(7)3-4-18-9/h3-4,14H,5-6H2,1-2H3. The largest absolute Gasteiger partial charge is 0.405 e. The summed E-state index contributed by atoms with van der Waals surface area (Å²) in [6.45, 7) is -0.538. The Morgan fingerprint density at radius 1 is 1.50 bits per heavy atom. The highest BCUT2D eigenvalue weighted by atomic mass is 32.1. The molecule has 2 heterocycles. The van der Waals surface area contributed by atoms with E-state index in [0.29, 0.717) is 17.3 Å². The number of hydrogen-bond acceptors (Lipinski definition) is 4.